The van der Waals surface area contributed by atoms with E-state index in [1.165, 1.54) is 6.42 Å². The molecule has 2 unspecified atom stereocenters. The van der Waals surface area contributed by atoms with Crippen LogP contribution in [-0.2, 0) is 0 Å². The van der Waals surface area contributed by atoms with Crippen molar-refractivity contribution >= 4 is 0 Å². The van der Waals surface area contributed by atoms with Crippen LogP contribution in [0.3, 0.4) is 0 Å². The third kappa shape index (κ3) is 1.41. The molecule has 5 heteroatoms. The molecular formula is C9H17N5. The van der Waals surface area contributed by atoms with Gasteiger partial charge in [0.05, 0.1) is 12.1 Å². The van der Waals surface area contributed by atoms with Gasteiger partial charge in [-0.15, -0.1) is 5.10 Å². The van der Waals surface area contributed by atoms with Crippen LogP contribution in [0.4, 0.5) is 0 Å². The lowest BCUT2D eigenvalue weighted by atomic mass is 10.2. The fraction of sp³-hybridized carbons (Fsp3) is 0.889. The Bertz CT molecular complexity index is 330. The van der Waals surface area contributed by atoms with Crippen molar-refractivity contribution < 1.29 is 0 Å². The van der Waals surface area contributed by atoms with Gasteiger partial charge in [0.25, 0.3) is 0 Å². The summed E-state index contributed by atoms with van der Waals surface area (Å²) >= 11 is 0. The Labute approximate surface area is 83.9 Å². The van der Waals surface area contributed by atoms with E-state index >= 15 is 0 Å². The van der Waals surface area contributed by atoms with E-state index in [9.17, 15) is 0 Å². The van der Waals surface area contributed by atoms with Crippen LogP contribution in [0.2, 0.25) is 0 Å². The van der Waals surface area contributed by atoms with Crippen LogP contribution < -0.4 is 5.32 Å². The zero-order chi connectivity index (χ0) is 10.3. The highest BCUT2D eigenvalue weighted by Gasteiger charge is 2.49. The van der Waals surface area contributed by atoms with Gasteiger partial charge in [-0.05, 0) is 36.2 Å². The van der Waals surface area contributed by atoms with Gasteiger partial charge < -0.3 is 5.32 Å². The second-order valence-electron chi connectivity index (χ2n) is 4.70. The maximum Gasteiger partial charge on any atom is 0.168 e. The summed E-state index contributed by atoms with van der Waals surface area (Å²) in [6, 6.07) is 0.685. The van der Waals surface area contributed by atoms with E-state index in [0.29, 0.717) is 11.5 Å². The predicted octanol–water partition coefficient (Wildman–Crippen LogP) is 0.924. The fourth-order valence-electron chi connectivity index (χ4n) is 1.69. The van der Waals surface area contributed by atoms with Gasteiger partial charge in [-0.25, -0.2) is 4.68 Å². The lowest BCUT2D eigenvalue weighted by molar-refractivity contribution is 0.457. The van der Waals surface area contributed by atoms with Crippen LogP contribution in [0.25, 0.3) is 0 Å². The van der Waals surface area contributed by atoms with Crippen LogP contribution in [-0.4, -0.2) is 27.3 Å². The van der Waals surface area contributed by atoms with Crippen molar-refractivity contribution in [3.8, 4) is 0 Å². The van der Waals surface area contributed by atoms with Crippen molar-refractivity contribution in [3.05, 3.63) is 5.82 Å². The summed E-state index contributed by atoms with van der Waals surface area (Å²) < 4.78 is 1.96. The Morgan fingerprint density at radius 3 is 2.71 bits per heavy atom. The molecule has 1 saturated carbocycles. The highest BCUT2D eigenvalue weighted by molar-refractivity contribution is 5.04. The molecule has 78 valence electrons. The monoisotopic (exact) mass is 195 g/mol. The first kappa shape index (κ1) is 9.58. The third-order valence-corrected chi connectivity index (χ3v) is 3.10. The van der Waals surface area contributed by atoms with Crippen molar-refractivity contribution in [1.82, 2.24) is 25.5 Å². The SMILES string of the molecule is CNC(C)c1nnnn1C1CC1(C)C. The molecule has 2 atom stereocenters. The van der Waals surface area contributed by atoms with E-state index in [-0.39, 0.29) is 6.04 Å². The molecule has 1 aromatic heterocycles. The molecule has 5 nitrogen and oxygen atoms in total. The molecule has 1 aliphatic carbocycles. The van der Waals surface area contributed by atoms with Crippen molar-refractivity contribution in [2.45, 2.75) is 39.3 Å². The second kappa shape index (κ2) is 3.02. The predicted molar refractivity (Wildman–Crippen MR) is 52.7 cm³/mol. The average molecular weight is 195 g/mol. The molecule has 0 saturated heterocycles. The molecule has 0 bridgehead atoms. The maximum atomic E-state index is 4.06. The first-order valence-electron chi connectivity index (χ1n) is 5.01. The summed E-state index contributed by atoms with van der Waals surface area (Å²) in [7, 11) is 1.92. The fourth-order valence-corrected chi connectivity index (χ4v) is 1.69. The zero-order valence-corrected chi connectivity index (χ0v) is 9.15. The first-order chi connectivity index (χ1) is 6.56. The van der Waals surface area contributed by atoms with Gasteiger partial charge in [-0.2, -0.15) is 0 Å². The summed E-state index contributed by atoms with van der Waals surface area (Å²) in [5.41, 5.74) is 0.359. The number of hydrogen-bond donors (Lipinski definition) is 1. The molecule has 1 heterocycles. The summed E-state index contributed by atoms with van der Waals surface area (Å²) in [4.78, 5) is 0. The quantitative estimate of drug-likeness (QED) is 0.779. The standard InChI is InChI=1S/C9H17N5/c1-6(10-4)8-11-12-13-14(8)7-5-9(7,2)3/h6-7,10H,5H2,1-4H3. The third-order valence-electron chi connectivity index (χ3n) is 3.10. The Morgan fingerprint density at radius 1 is 1.57 bits per heavy atom. The van der Waals surface area contributed by atoms with Crippen LogP contribution in [0, 0.1) is 5.41 Å². The second-order valence-corrected chi connectivity index (χ2v) is 4.70. The maximum absolute atomic E-state index is 4.06. The molecule has 0 aromatic carbocycles. The van der Waals surface area contributed by atoms with Gasteiger partial charge in [0.1, 0.15) is 0 Å². The van der Waals surface area contributed by atoms with E-state index in [1.54, 1.807) is 0 Å². The lowest BCUT2D eigenvalue weighted by Crippen LogP contribution is -2.19. The molecule has 0 aliphatic heterocycles. The van der Waals surface area contributed by atoms with Crippen LogP contribution in [0.5, 0.6) is 0 Å². The normalized spacial score (nSPS) is 26.1. The molecule has 1 aliphatic rings. The summed E-state index contributed by atoms with van der Waals surface area (Å²) in [6.07, 6.45) is 1.17. The van der Waals surface area contributed by atoms with Gasteiger partial charge >= 0.3 is 0 Å². The van der Waals surface area contributed by atoms with Crippen LogP contribution in [0.15, 0.2) is 0 Å². The molecule has 0 spiro atoms. The summed E-state index contributed by atoms with van der Waals surface area (Å²) in [5.74, 6) is 0.933. The van der Waals surface area contributed by atoms with E-state index in [2.05, 4.69) is 41.6 Å². The summed E-state index contributed by atoms with van der Waals surface area (Å²) in [6.45, 7) is 6.55. The minimum absolute atomic E-state index is 0.210. The van der Waals surface area contributed by atoms with Crippen molar-refractivity contribution in [2.75, 3.05) is 7.05 Å². The minimum atomic E-state index is 0.210. The average Bonchev–Trinajstić information content (AvgIpc) is 2.63. The van der Waals surface area contributed by atoms with E-state index in [1.807, 2.05) is 11.7 Å². The molecular weight excluding hydrogens is 178 g/mol. The number of hydrogen-bond acceptors (Lipinski definition) is 4. The Balaban J connectivity index is 2.23. The molecule has 1 N–H and O–H groups in total. The molecule has 14 heavy (non-hydrogen) atoms. The lowest BCUT2D eigenvalue weighted by Gasteiger charge is -2.11. The van der Waals surface area contributed by atoms with Crippen LogP contribution in [0.1, 0.15) is 45.1 Å². The number of nitrogens with zero attached hydrogens (tertiary/aromatic N) is 4. The number of tetrazole rings is 1. The first-order valence-corrected chi connectivity index (χ1v) is 5.01. The largest absolute Gasteiger partial charge is 0.311 e. The Kier molecular flexibility index (Phi) is 2.06. The van der Waals surface area contributed by atoms with E-state index < -0.39 is 0 Å². The van der Waals surface area contributed by atoms with E-state index in [4.69, 9.17) is 0 Å². The highest BCUT2D eigenvalue weighted by atomic mass is 15.6. The van der Waals surface area contributed by atoms with Gasteiger partial charge in [0, 0.05) is 0 Å². The van der Waals surface area contributed by atoms with Crippen LogP contribution >= 0.6 is 0 Å². The topological polar surface area (TPSA) is 55.6 Å². The van der Waals surface area contributed by atoms with Crippen molar-refractivity contribution in [3.63, 3.8) is 0 Å². The van der Waals surface area contributed by atoms with Gasteiger partial charge in [-0.3, -0.25) is 0 Å². The Hall–Kier alpha value is -0.970. The van der Waals surface area contributed by atoms with E-state index in [0.717, 1.165) is 5.82 Å². The van der Waals surface area contributed by atoms with Gasteiger partial charge in [-0.1, -0.05) is 13.8 Å². The minimum Gasteiger partial charge on any atom is -0.311 e. The molecule has 2 rings (SSSR count). The molecule has 0 amide bonds. The van der Waals surface area contributed by atoms with Crippen molar-refractivity contribution in [2.24, 2.45) is 5.41 Å². The molecule has 1 fully saturated rings. The smallest absolute Gasteiger partial charge is 0.168 e. The molecule has 0 radical (unpaired) electrons. The Morgan fingerprint density at radius 2 is 2.21 bits per heavy atom. The number of aromatic nitrogens is 4. The van der Waals surface area contributed by atoms with Gasteiger partial charge in [0.15, 0.2) is 5.82 Å². The highest BCUT2D eigenvalue weighted by Crippen LogP contribution is 2.55. The van der Waals surface area contributed by atoms with Crippen molar-refractivity contribution in [1.29, 1.82) is 0 Å². The zero-order valence-electron chi connectivity index (χ0n) is 9.15. The number of nitrogens with one attached hydrogen (secondary N) is 1. The molecule has 1 aromatic rings. The number of rotatable bonds is 3. The van der Waals surface area contributed by atoms with Gasteiger partial charge in [0.2, 0.25) is 0 Å². The summed E-state index contributed by atoms with van der Waals surface area (Å²) in [5, 5.41) is 15.0.